The maximum atomic E-state index is 11.8. The second-order valence-corrected chi connectivity index (χ2v) is 4.61. The standard InChI is InChI=1S/C14H20N2O2/c1-18-13-4-2-3-11(9-13)5-6-14(17)16-12-7-8-15-10-12/h2-4,9,12,15H,5-8,10H2,1H3,(H,16,17). The number of carbonyl (C=O) groups is 1. The maximum absolute atomic E-state index is 11.8. The van der Waals surface area contributed by atoms with Gasteiger partial charge in [-0.2, -0.15) is 0 Å². The van der Waals surface area contributed by atoms with Crippen LogP contribution in [0.1, 0.15) is 18.4 Å². The van der Waals surface area contributed by atoms with Crippen LogP contribution < -0.4 is 15.4 Å². The van der Waals surface area contributed by atoms with Crippen molar-refractivity contribution in [2.24, 2.45) is 0 Å². The summed E-state index contributed by atoms with van der Waals surface area (Å²) in [7, 11) is 1.65. The maximum Gasteiger partial charge on any atom is 0.220 e. The van der Waals surface area contributed by atoms with Gasteiger partial charge in [-0.1, -0.05) is 12.1 Å². The lowest BCUT2D eigenvalue weighted by Gasteiger charge is -2.11. The molecule has 1 aliphatic rings. The fraction of sp³-hybridized carbons (Fsp3) is 0.500. The number of hydrogen-bond donors (Lipinski definition) is 2. The number of methoxy groups -OCH3 is 1. The third-order valence-corrected chi connectivity index (χ3v) is 3.20. The SMILES string of the molecule is COc1cccc(CCC(=O)NC2CCNC2)c1. The van der Waals surface area contributed by atoms with E-state index in [9.17, 15) is 4.79 Å². The lowest BCUT2D eigenvalue weighted by atomic mass is 10.1. The van der Waals surface area contributed by atoms with Gasteiger partial charge in [0.05, 0.1) is 7.11 Å². The molecule has 1 amide bonds. The number of aryl methyl sites for hydroxylation is 1. The summed E-state index contributed by atoms with van der Waals surface area (Å²) >= 11 is 0. The minimum atomic E-state index is 0.131. The van der Waals surface area contributed by atoms with Crippen molar-refractivity contribution >= 4 is 5.91 Å². The van der Waals surface area contributed by atoms with Crippen molar-refractivity contribution in [2.75, 3.05) is 20.2 Å². The third kappa shape index (κ3) is 3.74. The summed E-state index contributed by atoms with van der Waals surface area (Å²) in [4.78, 5) is 11.8. The summed E-state index contributed by atoms with van der Waals surface area (Å²) in [6.45, 7) is 1.89. The molecule has 1 fully saturated rings. The third-order valence-electron chi connectivity index (χ3n) is 3.20. The molecule has 1 aromatic carbocycles. The Morgan fingerprint density at radius 2 is 2.44 bits per heavy atom. The molecule has 2 rings (SSSR count). The Bertz CT molecular complexity index is 401. The highest BCUT2D eigenvalue weighted by Gasteiger charge is 2.16. The summed E-state index contributed by atoms with van der Waals surface area (Å²) in [6.07, 6.45) is 2.32. The van der Waals surface area contributed by atoms with E-state index in [0.717, 1.165) is 37.2 Å². The Labute approximate surface area is 108 Å². The molecule has 18 heavy (non-hydrogen) atoms. The molecule has 1 unspecified atom stereocenters. The zero-order valence-corrected chi connectivity index (χ0v) is 10.7. The van der Waals surface area contributed by atoms with Gasteiger partial charge in [0.15, 0.2) is 0 Å². The van der Waals surface area contributed by atoms with Crippen LogP contribution in [0, 0.1) is 0 Å². The molecule has 1 heterocycles. The molecule has 4 nitrogen and oxygen atoms in total. The molecule has 0 aliphatic carbocycles. The first-order chi connectivity index (χ1) is 8.78. The Hall–Kier alpha value is -1.55. The first kappa shape index (κ1) is 12.9. The van der Waals surface area contributed by atoms with Crippen LogP contribution in [-0.4, -0.2) is 32.1 Å². The van der Waals surface area contributed by atoms with Gasteiger partial charge in [-0.3, -0.25) is 4.79 Å². The Kier molecular flexibility index (Phi) is 4.59. The summed E-state index contributed by atoms with van der Waals surface area (Å²) in [5, 5.41) is 6.28. The Balaban J connectivity index is 1.77. The van der Waals surface area contributed by atoms with Crippen LogP contribution in [-0.2, 0) is 11.2 Å². The fourth-order valence-electron chi connectivity index (χ4n) is 2.16. The zero-order chi connectivity index (χ0) is 12.8. The van der Waals surface area contributed by atoms with Crippen LogP contribution in [0.25, 0.3) is 0 Å². The molecule has 98 valence electrons. The molecule has 1 aromatic rings. The number of carbonyl (C=O) groups excluding carboxylic acids is 1. The van der Waals surface area contributed by atoms with Crippen molar-refractivity contribution in [1.82, 2.24) is 10.6 Å². The number of ether oxygens (including phenoxy) is 1. The first-order valence-electron chi connectivity index (χ1n) is 6.41. The molecular weight excluding hydrogens is 228 g/mol. The molecule has 1 saturated heterocycles. The zero-order valence-electron chi connectivity index (χ0n) is 10.7. The number of benzene rings is 1. The van der Waals surface area contributed by atoms with Crippen molar-refractivity contribution in [1.29, 1.82) is 0 Å². The van der Waals surface area contributed by atoms with Gasteiger partial charge in [-0.05, 0) is 37.1 Å². The minimum absolute atomic E-state index is 0.131. The molecule has 2 N–H and O–H groups in total. The summed E-state index contributed by atoms with van der Waals surface area (Å²) in [5.41, 5.74) is 1.13. The second-order valence-electron chi connectivity index (χ2n) is 4.61. The molecule has 0 spiro atoms. The van der Waals surface area contributed by atoms with Crippen LogP contribution in [0.4, 0.5) is 0 Å². The van der Waals surface area contributed by atoms with Crippen molar-refractivity contribution in [2.45, 2.75) is 25.3 Å². The van der Waals surface area contributed by atoms with Gasteiger partial charge in [-0.15, -0.1) is 0 Å². The van der Waals surface area contributed by atoms with Crippen molar-refractivity contribution in [3.8, 4) is 5.75 Å². The van der Waals surface area contributed by atoms with Gasteiger partial charge in [0, 0.05) is 19.0 Å². The van der Waals surface area contributed by atoms with E-state index in [1.807, 2.05) is 24.3 Å². The Morgan fingerprint density at radius 3 is 3.17 bits per heavy atom. The summed E-state index contributed by atoms with van der Waals surface area (Å²) in [6, 6.07) is 8.17. The van der Waals surface area contributed by atoms with Gasteiger partial charge < -0.3 is 15.4 Å². The normalized spacial score (nSPS) is 18.6. The molecule has 0 saturated carbocycles. The van der Waals surface area contributed by atoms with E-state index in [1.54, 1.807) is 7.11 Å². The van der Waals surface area contributed by atoms with Gasteiger partial charge in [0.1, 0.15) is 5.75 Å². The minimum Gasteiger partial charge on any atom is -0.497 e. The van der Waals surface area contributed by atoms with Gasteiger partial charge in [0.25, 0.3) is 0 Å². The topological polar surface area (TPSA) is 50.4 Å². The van der Waals surface area contributed by atoms with E-state index in [2.05, 4.69) is 10.6 Å². The highest BCUT2D eigenvalue weighted by molar-refractivity contribution is 5.76. The number of rotatable bonds is 5. The largest absolute Gasteiger partial charge is 0.497 e. The average Bonchev–Trinajstić information content (AvgIpc) is 2.89. The fourth-order valence-corrected chi connectivity index (χ4v) is 2.16. The van der Waals surface area contributed by atoms with Crippen LogP contribution >= 0.6 is 0 Å². The van der Waals surface area contributed by atoms with Gasteiger partial charge in [0.2, 0.25) is 5.91 Å². The Morgan fingerprint density at radius 1 is 1.56 bits per heavy atom. The van der Waals surface area contributed by atoms with Crippen LogP contribution in [0.3, 0.4) is 0 Å². The average molecular weight is 248 g/mol. The monoisotopic (exact) mass is 248 g/mol. The van der Waals surface area contributed by atoms with Gasteiger partial charge in [-0.25, -0.2) is 0 Å². The van der Waals surface area contributed by atoms with Crippen molar-refractivity contribution in [3.63, 3.8) is 0 Å². The highest BCUT2D eigenvalue weighted by Crippen LogP contribution is 2.13. The summed E-state index contributed by atoms with van der Waals surface area (Å²) < 4.78 is 5.16. The van der Waals surface area contributed by atoms with E-state index in [-0.39, 0.29) is 5.91 Å². The lowest BCUT2D eigenvalue weighted by Crippen LogP contribution is -2.36. The number of nitrogens with one attached hydrogen (secondary N) is 2. The van der Waals surface area contributed by atoms with Crippen LogP contribution in [0.15, 0.2) is 24.3 Å². The molecule has 1 aliphatic heterocycles. The van der Waals surface area contributed by atoms with Crippen LogP contribution in [0.5, 0.6) is 5.75 Å². The van der Waals surface area contributed by atoms with Crippen molar-refractivity contribution < 1.29 is 9.53 Å². The smallest absolute Gasteiger partial charge is 0.220 e. The van der Waals surface area contributed by atoms with Gasteiger partial charge >= 0.3 is 0 Å². The predicted molar refractivity (Wildman–Crippen MR) is 70.7 cm³/mol. The molecule has 4 heteroatoms. The van der Waals surface area contributed by atoms with E-state index in [1.165, 1.54) is 0 Å². The summed E-state index contributed by atoms with van der Waals surface area (Å²) in [5.74, 6) is 0.972. The van der Waals surface area contributed by atoms with E-state index in [4.69, 9.17) is 4.74 Å². The predicted octanol–water partition coefficient (Wildman–Crippen LogP) is 1.11. The number of hydrogen-bond acceptors (Lipinski definition) is 3. The van der Waals surface area contributed by atoms with Crippen LogP contribution in [0.2, 0.25) is 0 Å². The quantitative estimate of drug-likeness (QED) is 0.820. The van der Waals surface area contributed by atoms with Crippen molar-refractivity contribution in [3.05, 3.63) is 29.8 Å². The molecular formula is C14H20N2O2. The highest BCUT2D eigenvalue weighted by atomic mass is 16.5. The van der Waals surface area contributed by atoms with E-state index < -0.39 is 0 Å². The lowest BCUT2D eigenvalue weighted by molar-refractivity contribution is -0.121. The second kappa shape index (κ2) is 6.40. The van der Waals surface area contributed by atoms with E-state index in [0.29, 0.717) is 12.5 Å². The molecule has 0 radical (unpaired) electrons. The van der Waals surface area contributed by atoms with E-state index >= 15 is 0 Å². The molecule has 1 atom stereocenters. The molecule has 0 aromatic heterocycles. The first-order valence-corrected chi connectivity index (χ1v) is 6.41. The molecule has 0 bridgehead atoms. The number of amides is 1.